The van der Waals surface area contributed by atoms with Crippen LogP contribution in [0.5, 0.6) is 5.75 Å². The van der Waals surface area contributed by atoms with Crippen LogP contribution in [0.25, 0.3) is 10.9 Å². The van der Waals surface area contributed by atoms with Crippen LogP contribution in [0.15, 0.2) is 30.5 Å². The number of ketones is 1. The van der Waals surface area contributed by atoms with Crippen molar-refractivity contribution < 1.29 is 9.53 Å². The van der Waals surface area contributed by atoms with Gasteiger partial charge < -0.3 is 4.74 Å². The van der Waals surface area contributed by atoms with Crippen LogP contribution in [0.3, 0.4) is 0 Å². The third kappa shape index (κ3) is 1.74. The average Bonchev–Trinajstić information content (AvgIpc) is 2.36. The summed E-state index contributed by atoms with van der Waals surface area (Å²) in [6.45, 7) is 0. The fourth-order valence-corrected chi connectivity index (χ4v) is 1.77. The number of aromatic nitrogens is 1. The van der Waals surface area contributed by atoms with E-state index in [0.717, 1.165) is 5.39 Å². The van der Waals surface area contributed by atoms with Crippen LogP contribution >= 0.6 is 11.6 Å². The third-order valence-electron chi connectivity index (χ3n) is 2.37. The molecule has 0 spiro atoms. The molecule has 0 aliphatic heterocycles. The molecule has 0 bridgehead atoms. The zero-order chi connectivity index (χ0) is 11.5. The Bertz CT molecular complexity index is 540. The van der Waals surface area contributed by atoms with Crippen LogP contribution in [-0.2, 0) is 0 Å². The molecule has 0 aliphatic carbocycles. The van der Waals surface area contributed by atoms with E-state index in [1.807, 2.05) is 6.07 Å². The van der Waals surface area contributed by atoms with Gasteiger partial charge in [-0.15, -0.1) is 11.6 Å². The Kier molecular flexibility index (Phi) is 3.06. The van der Waals surface area contributed by atoms with Gasteiger partial charge in [-0.05, 0) is 18.2 Å². The quantitative estimate of drug-likeness (QED) is 0.607. The number of methoxy groups -OCH3 is 1. The molecule has 0 fully saturated rings. The van der Waals surface area contributed by atoms with Crippen molar-refractivity contribution in [2.75, 3.05) is 13.0 Å². The molecule has 0 saturated heterocycles. The maximum Gasteiger partial charge on any atom is 0.178 e. The van der Waals surface area contributed by atoms with E-state index in [1.54, 1.807) is 31.5 Å². The number of alkyl halides is 1. The average molecular weight is 236 g/mol. The lowest BCUT2D eigenvalue weighted by Crippen LogP contribution is -2.02. The lowest BCUT2D eigenvalue weighted by molar-refractivity contribution is 0.102. The number of rotatable bonds is 3. The summed E-state index contributed by atoms with van der Waals surface area (Å²) in [7, 11) is 1.58. The number of hydrogen-bond donors (Lipinski definition) is 0. The van der Waals surface area contributed by atoms with E-state index in [1.165, 1.54) is 0 Å². The molecule has 0 unspecified atom stereocenters. The summed E-state index contributed by atoms with van der Waals surface area (Å²) in [6.07, 6.45) is 1.67. The van der Waals surface area contributed by atoms with E-state index in [-0.39, 0.29) is 11.7 Å². The molecule has 1 aromatic carbocycles. The van der Waals surface area contributed by atoms with Gasteiger partial charge in [-0.2, -0.15) is 0 Å². The van der Waals surface area contributed by atoms with Gasteiger partial charge in [0, 0.05) is 17.1 Å². The highest BCUT2D eigenvalue weighted by Gasteiger charge is 2.12. The minimum absolute atomic E-state index is 0.0314. The summed E-state index contributed by atoms with van der Waals surface area (Å²) in [5.41, 5.74) is 1.26. The Morgan fingerprint density at radius 1 is 1.44 bits per heavy atom. The number of hydrogen-bond acceptors (Lipinski definition) is 3. The molecular weight excluding hydrogens is 226 g/mol. The topological polar surface area (TPSA) is 39.2 Å². The molecular formula is C12H10ClNO2. The summed E-state index contributed by atoms with van der Waals surface area (Å²) in [6, 6.07) is 7.07. The zero-order valence-electron chi connectivity index (χ0n) is 8.74. The highest BCUT2D eigenvalue weighted by Crippen LogP contribution is 2.26. The van der Waals surface area contributed by atoms with Gasteiger partial charge in [-0.3, -0.25) is 9.78 Å². The van der Waals surface area contributed by atoms with Crippen molar-refractivity contribution in [3.63, 3.8) is 0 Å². The van der Waals surface area contributed by atoms with Crippen LogP contribution in [0.1, 0.15) is 10.4 Å². The van der Waals surface area contributed by atoms with Crippen LogP contribution in [0, 0.1) is 0 Å². The second kappa shape index (κ2) is 4.49. The molecule has 0 saturated carbocycles. The molecule has 2 rings (SSSR count). The van der Waals surface area contributed by atoms with Crippen LogP contribution in [-0.4, -0.2) is 23.8 Å². The summed E-state index contributed by atoms with van der Waals surface area (Å²) < 4.78 is 5.19. The van der Waals surface area contributed by atoms with E-state index in [0.29, 0.717) is 16.8 Å². The van der Waals surface area contributed by atoms with Crippen molar-refractivity contribution in [2.24, 2.45) is 0 Å². The predicted molar refractivity (Wildman–Crippen MR) is 63.3 cm³/mol. The number of benzene rings is 1. The lowest BCUT2D eigenvalue weighted by Gasteiger charge is -2.07. The minimum Gasteiger partial charge on any atom is -0.494 e. The van der Waals surface area contributed by atoms with Crippen LogP contribution < -0.4 is 4.74 Å². The fraction of sp³-hybridized carbons (Fsp3) is 0.167. The second-order valence-electron chi connectivity index (χ2n) is 3.27. The van der Waals surface area contributed by atoms with Gasteiger partial charge in [-0.25, -0.2) is 0 Å². The Hall–Kier alpha value is -1.61. The summed E-state index contributed by atoms with van der Waals surface area (Å²) >= 11 is 5.56. The van der Waals surface area contributed by atoms with Crippen LogP contribution in [0.2, 0.25) is 0 Å². The van der Waals surface area contributed by atoms with Gasteiger partial charge in [0.2, 0.25) is 0 Å². The van der Waals surface area contributed by atoms with E-state index in [9.17, 15) is 4.79 Å². The first-order chi connectivity index (χ1) is 7.77. The highest BCUT2D eigenvalue weighted by molar-refractivity contribution is 6.32. The molecule has 0 radical (unpaired) electrons. The highest BCUT2D eigenvalue weighted by atomic mass is 35.5. The molecule has 16 heavy (non-hydrogen) atoms. The Morgan fingerprint density at radius 3 is 2.94 bits per heavy atom. The SMILES string of the molecule is COc1ccc(C(=O)CCl)c2cccnc12. The molecule has 1 heterocycles. The number of fused-ring (bicyclic) bond motifs is 1. The van der Waals surface area contributed by atoms with Crippen molar-refractivity contribution >= 4 is 28.3 Å². The fourth-order valence-electron chi connectivity index (χ4n) is 1.63. The lowest BCUT2D eigenvalue weighted by atomic mass is 10.0. The molecule has 0 aliphatic rings. The maximum absolute atomic E-state index is 11.6. The maximum atomic E-state index is 11.6. The van der Waals surface area contributed by atoms with Crippen molar-refractivity contribution in [3.05, 3.63) is 36.0 Å². The molecule has 1 aromatic heterocycles. The first kappa shape index (κ1) is 10.9. The Balaban J connectivity index is 2.74. The van der Waals surface area contributed by atoms with Crippen LogP contribution in [0.4, 0.5) is 0 Å². The minimum atomic E-state index is -0.109. The Morgan fingerprint density at radius 2 is 2.25 bits per heavy atom. The van der Waals surface area contributed by atoms with Crippen molar-refractivity contribution in [2.45, 2.75) is 0 Å². The normalized spacial score (nSPS) is 10.4. The number of pyridine rings is 1. The van der Waals surface area contributed by atoms with Crippen molar-refractivity contribution in [3.8, 4) is 5.75 Å². The Labute approximate surface area is 98.0 Å². The number of ether oxygens (including phenoxy) is 1. The third-order valence-corrected chi connectivity index (χ3v) is 2.62. The number of carbonyl (C=O) groups is 1. The van der Waals surface area contributed by atoms with E-state index < -0.39 is 0 Å². The van der Waals surface area contributed by atoms with E-state index in [2.05, 4.69) is 4.98 Å². The molecule has 0 atom stereocenters. The predicted octanol–water partition coefficient (Wildman–Crippen LogP) is 2.66. The summed E-state index contributed by atoms with van der Waals surface area (Å²) in [5.74, 6) is 0.514. The zero-order valence-corrected chi connectivity index (χ0v) is 9.49. The second-order valence-corrected chi connectivity index (χ2v) is 3.54. The van der Waals surface area contributed by atoms with Gasteiger partial charge in [-0.1, -0.05) is 6.07 Å². The monoisotopic (exact) mass is 235 g/mol. The van der Waals surface area contributed by atoms with Gasteiger partial charge in [0.1, 0.15) is 11.3 Å². The summed E-state index contributed by atoms with van der Waals surface area (Å²) in [4.78, 5) is 15.8. The standard InChI is InChI=1S/C12H10ClNO2/c1-16-11-5-4-8(10(15)7-13)9-3-2-6-14-12(9)11/h2-6H,7H2,1H3. The molecule has 4 heteroatoms. The number of Topliss-reactive ketones (excluding diaryl/α,β-unsaturated/α-hetero) is 1. The number of nitrogens with zero attached hydrogens (tertiary/aromatic N) is 1. The van der Waals surface area contributed by atoms with E-state index in [4.69, 9.17) is 16.3 Å². The molecule has 0 N–H and O–H groups in total. The largest absolute Gasteiger partial charge is 0.494 e. The van der Waals surface area contributed by atoms with E-state index >= 15 is 0 Å². The molecule has 3 nitrogen and oxygen atoms in total. The van der Waals surface area contributed by atoms with Gasteiger partial charge >= 0.3 is 0 Å². The van der Waals surface area contributed by atoms with Gasteiger partial charge in [0.05, 0.1) is 13.0 Å². The van der Waals surface area contributed by atoms with Gasteiger partial charge in [0.25, 0.3) is 0 Å². The number of carbonyl (C=O) groups excluding carboxylic acids is 1. The molecule has 2 aromatic rings. The van der Waals surface area contributed by atoms with Crippen molar-refractivity contribution in [1.29, 1.82) is 0 Å². The first-order valence-corrected chi connectivity index (χ1v) is 5.32. The molecule has 0 amide bonds. The number of halogens is 1. The first-order valence-electron chi connectivity index (χ1n) is 4.79. The molecule has 82 valence electrons. The van der Waals surface area contributed by atoms with Gasteiger partial charge in [0.15, 0.2) is 5.78 Å². The summed E-state index contributed by atoms with van der Waals surface area (Å²) in [5, 5.41) is 0.771. The van der Waals surface area contributed by atoms with Crippen molar-refractivity contribution in [1.82, 2.24) is 4.98 Å². The smallest absolute Gasteiger partial charge is 0.178 e.